The zero-order valence-corrected chi connectivity index (χ0v) is 6.84. The van der Waals surface area contributed by atoms with Gasteiger partial charge < -0.3 is 9.26 Å². The molecule has 0 aliphatic carbocycles. The van der Waals surface area contributed by atoms with Crippen LogP contribution in [0.5, 0.6) is 5.75 Å². The maximum absolute atomic E-state index is 4.83. The topological polar surface area (TPSA) is 35.3 Å². The summed E-state index contributed by atoms with van der Waals surface area (Å²) in [5.41, 5.74) is 0.785. The van der Waals surface area contributed by atoms with Gasteiger partial charge in [-0.1, -0.05) is 19.0 Å². The molecule has 0 N–H and O–H groups in total. The Bertz CT molecular complexity index is 172. The van der Waals surface area contributed by atoms with Crippen LogP contribution in [0.25, 0.3) is 0 Å². The second-order valence-electron chi connectivity index (χ2n) is 1.47. The minimum atomic E-state index is 0.699. The van der Waals surface area contributed by atoms with E-state index >= 15 is 0 Å². The predicted octanol–water partition coefficient (Wildman–Crippen LogP) is 2.02. The van der Waals surface area contributed by atoms with Crippen molar-refractivity contribution < 1.29 is 9.26 Å². The summed E-state index contributed by atoms with van der Waals surface area (Å²) in [6, 6.07) is 0. The van der Waals surface area contributed by atoms with Crippen LogP contribution in [-0.2, 0) is 0 Å². The van der Waals surface area contributed by atoms with Crippen LogP contribution in [0, 0.1) is 6.92 Å². The van der Waals surface area contributed by atoms with Gasteiger partial charge in [0.15, 0.2) is 12.0 Å². The molecule has 0 fully saturated rings. The van der Waals surface area contributed by atoms with Gasteiger partial charge in [0.05, 0.1) is 7.11 Å². The van der Waals surface area contributed by atoms with E-state index in [1.807, 2.05) is 20.8 Å². The van der Waals surface area contributed by atoms with Gasteiger partial charge in [0.25, 0.3) is 0 Å². The highest BCUT2D eigenvalue weighted by atomic mass is 16.5. The molecular weight excluding hydrogens is 130 g/mol. The monoisotopic (exact) mass is 143 g/mol. The summed E-state index contributed by atoms with van der Waals surface area (Å²) in [5.74, 6) is 0.699. The van der Waals surface area contributed by atoms with E-state index in [0.29, 0.717) is 5.75 Å². The number of methoxy groups -OCH3 is 1. The SMILES string of the molecule is CC.COc1conc1C. The van der Waals surface area contributed by atoms with E-state index in [9.17, 15) is 0 Å². The van der Waals surface area contributed by atoms with Gasteiger partial charge in [-0.15, -0.1) is 0 Å². The first-order chi connectivity index (χ1) is 4.84. The molecule has 0 radical (unpaired) electrons. The van der Waals surface area contributed by atoms with Crippen molar-refractivity contribution in [2.45, 2.75) is 20.8 Å². The van der Waals surface area contributed by atoms with Gasteiger partial charge in [-0.2, -0.15) is 0 Å². The molecule has 0 amide bonds. The van der Waals surface area contributed by atoms with E-state index in [2.05, 4.69) is 9.68 Å². The van der Waals surface area contributed by atoms with Gasteiger partial charge in [-0.05, 0) is 6.92 Å². The number of rotatable bonds is 1. The number of hydrogen-bond acceptors (Lipinski definition) is 3. The minimum absolute atomic E-state index is 0.699. The maximum atomic E-state index is 4.83. The Hall–Kier alpha value is -0.990. The second kappa shape index (κ2) is 4.85. The molecule has 3 heteroatoms. The van der Waals surface area contributed by atoms with E-state index in [1.165, 1.54) is 6.26 Å². The van der Waals surface area contributed by atoms with Crippen LogP contribution in [0.3, 0.4) is 0 Å². The number of aromatic nitrogens is 1. The Kier molecular flexibility index (Phi) is 4.37. The molecule has 0 aliphatic heterocycles. The molecule has 58 valence electrons. The standard InChI is InChI=1S/C5H7NO2.C2H6/c1-4-5(7-2)3-8-6-4;1-2/h3H,1-2H3;1-2H3. The third-order valence-electron chi connectivity index (χ3n) is 0.926. The summed E-state index contributed by atoms with van der Waals surface area (Å²) in [4.78, 5) is 0. The Morgan fingerprint density at radius 3 is 2.30 bits per heavy atom. The highest BCUT2D eigenvalue weighted by Crippen LogP contribution is 2.12. The van der Waals surface area contributed by atoms with Crippen molar-refractivity contribution >= 4 is 0 Å². The summed E-state index contributed by atoms with van der Waals surface area (Å²) in [7, 11) is 1.58. The van der Waals surface area contributed by atoms with Crippen LogP contribution in [0.2, 0.25) is 0 Å². The van der Waals surface area contributed by atoms with Gasteiger partial charge in [-0.3, -0.25) is 0 Å². The average molecular weight is 143 g/mol. The molecule has 0 saturated carbocycles. The van der Waals surface area contributed by atoms with Crippen molar-refractivity contribution in [1.29, 1.82) is 0 Å². The van der Waals surface area contributed by atoms with Crippen LogP contribution >= 0.6 is 0 Å². The molecule has 0 unspecified atom stereocenters. The second-order valence-corrected chi connectivity index (χ2v) is 1.47. The summed E-state index contributed by atoms with van der Waals surface area (Å²) in [5, 5.41) is 3.59. The molecule has 3 nitrogen and oxygen atoms in total. The highest BCUT2D eigenvalue weighted by molar-refractivity contribution is 5.19. The fourth-order valence-corrected chi connectivity index (χ4v) is 0.479. The van der Waals surface area contributed by atoms with Crippen molar-refractivity contribution in [3.63, 3.8) is 0 Å². The zero-order chi connectivity index (χ0) is 7.98. The largest absolute Gasteiger partial charge is 0.491 e. The Morgan fingerprint density at radius 2 is 2.10 bits per heavy atom. The summed E-state index contributed by atoms with van der Waals surface area (Å²) < 4.78 is 9.39. The molecule has 10 heavy (non-hydrogen) atoms. The van der Waals surface area contributed by atoms with Crippen molar-refractivity contribution in [3.05, 3.63) is 12.0 Å². The van der Waals surface area contributed by atoms with Crippen LogP contribution < -0.4 is 4.74 Å². The molecule has 1 aromatic rings. The number of nitrogens with zero attached hydrogens (tertiary/aromatic N) is 1. The molecule has 0 spiro atoms. The lowest BCUT2D eigenvalue weighted by Gasteiger charge is -1.88. The molecule has 0 bridgehead atoms. The fraction of sp³-hybridized carbons (Fsp3) is 0.571. The zero-order valence-electron chi connectivity index (χ0n) is 6.84. The fourth-order valence-electron chi connectivity index (χ4n) is 0.479. The highest BCUT2D eigenvalue weighted by Gasteiger charge is 1.98. The van der Waals surface area contributed by atoms with Crippen LogP contribution in [0.15, 0.2) is 10.8 Å². The smallest absolute Gasteiger partial charge is 0.181 e. The van der Waals surface area contributed by atoms with Gasteiger partial charge >= 0.3 is 0 Å². The third kappa shape index (κ3) is 2.09. The van der Waals surface area contributed by atoms with Crippen LogP contribution in [0.1, 0.15) is 19.5 Å². The molecule has 0 atom stereocenters. The first-order valence-corrected chi connectivity index (χ1v) is 3.29. The number of ether oxygens (including phenoxy) is 1. The lowest BCUT2D eigenvalue weighted by Crippen LogP contribution is -1.80. The molecule has 1 rings (SSSR count). The van der Waals surface area contributed by atoms with Crippen molar-refractivity contribution in [1.82, 2.24) is 5.16 Å². The van der Waals surface area contributed by atoms with E-state index in [1.54, 1.807) is 7.11 Å². The molecule has 0 saturated heterocycles. The quantitative estimate of drug-likeness (QED) is 0.603. The van der Waals surface area contributed by atoms with Gasteiger partial charge in [0.1, 0.15) is 5.69 Å². The van der Waals surface area contributed by atoms with Gasteiger partial charge in [-0.25, -0.2) is 0 Å². The summed E-state index contributed by atoms with van der Waals surface area (Å²) in [6.45, 7) is 5.82. The van der Waals surface area contributed by atoms with E-state index in [-0.39, 0.29) is 0 Å². The Morgan fingerprint density at radius 1 is 1.50 bits per heavy atom. The lowest BCUT2D eigenvalue weighted by atomic mass is 10.5. The first-order valence-electron chi connectivity index (χ1n) is 3.29. The molecule has 0 aromatic carbocycles. The van der Waals surface area contributed by atoms with E-state index in [0.717, 1.165) is 5.69 Å². The Balaban J connectivity index is 0.000000371. The van der Waals surface area contributed by atoms with Crippen LogP contribution in [-0.4, -0.2) is 12.3 Å². The van der Waals surface area contributed by atoms with Crippen LogP contribution in [0.4, 0.5) is 0 Å². The summed E-state index contributed by atoms with van der Waals surface area (Å²) in [6.07, 6.45) is 1.47. The summed E-state index contributed by atoms with van der Waals surface area (Å²) >= 11 is 0. The van der Waals surface area contributed by atoms with Crippen molar-refractivity contribution in [2.75, 3.05) is 7.11 Å². The average Bonchev–Trinajstić information content (AvgIpc) is 2.39. The molecular formula is C7H13NO2. The van der Waals surface area contributed by atoms with Crippen molar-refractivity contribution in [3.8, 4) is 5.75 Å². The first kappa shape index (κ1) is 9.01. The van der Waals surface area contributed by atoms with Crippen molar-refractivity contribution in [2.24, 2.45) is 0 Å². The van der Waals surface area contributed by atoms with E-state index in [4.69, 9.17) is 4.74 Å². The van der Waals surface area contributed by atoms with Gasteiger partial charge in [0, 0.05) is 0 Å². The third-order valence-corrected chi connectivity index (χ3v) is 0.926. The molecule has 1 heterocycles. The minimum Gasteiger partial charge on any atom is -0.491 e. The number of aryl methyl sites for hydroxylation is 1. The predicted molar refractivity (Wildman–Crippen MR) is 39.1 cm³/mol. The van der Waals surface area contributed by atoms with Gasteiger partial charge in [0.2, 0.25) is 0 Å². The molecule has 0 aliphatic rings. The van der Waals surface area contributed by atoms with E-state index < -0.39 is 0 Å². The number of hydrogen-bond donors (Lipinski definition) is 0. The maximum Gasteiger partial charge on any atom is 0.181 e. The Labute approximate surface area is 61.0 Å². The lowest BCUT2D eigenvalue weighted by molar-refractivity contribution is 0.390. The molecule has 1 aromatic heterocycles. The normalized spacial score (nSPS) is 8.00.